The smallest absolute Gasteiger partial charge is 0.323 e. The van der Waals surface area contributed by atoms with E-state index in [9.17, 15) is 9.18 Å². The van der Waals surface area contributed by atoms with E-state index in [1.807, 2.05) is 6.92 Å². The third kappa shape index (κ3) is 3.98. The van der Waals surface area contributed by atoms with Crippen molar-refractivity contribution in [2.75, 3.05) is 17.2 Å². The number of carbonyl (C=O) groups is 1. The van der Waals surface area contributed by atoms with E-state index in [0.29, 0.717) is 18.0 Å². The van der Waals surface area contributed by atoms with Crippen molar-refractivity contribution in [2.24, 2.45) is 0 Å². The average Bonchev–Trinajstić information content (AvgIpc) is 2.41. The van der Waals surface area contributed by atoms with Gasteiger partial charge in [-0.2, -0.15) is 0 Å². The zero-order valence-electron chi connectivity index (χ0n) is 11.0. The third-order valence-electron chi connectivity index (χ3n) is 2.51. The summed E-state index contributed by atoms with van der Waals surface area (Å²) in [7, 11) is 0. The Hall–Kier alpha value is -2.56. The minimum Gasteiger partial charge on any atom is -0.494 e. The summed E-state index contributed by atoms with van der Waals surface area (Å²) in [5.41, 5.74) is 1.02. The molecule has 0 fully saturated rings. The number of hydrogen-bond donors (Lipinski definition) is 2. The van der Waals surface area contributed by atoms with Gasteiger partial charge in [0.2, 0.25) is 0 Å². The predicted octanol–water partition coefficient (Wildman–Crippen LogP) is 3.87. The lowest BCUT2D eigenvalue weighted by Gasteiger charge is -2.08. The number of nitrogens with one attached hydrogen (secondary N) is 2. The van der Waals surface area contributed by atoms with Crippen molar-refractivity contribution in [3.63, 3.8) is 0 Å². The summed E-state index contributed by atoms with van der Waals surface area (Å²) in [4.78, 5) is 11.7. The van der Waals surface area contributed by atoms with Crippen molar-refractivity contribution in [3.05, 3.63) is 54.3 Å². The van der Waals surface area contributed by atoms with Crippen molar-refractivity contribution >= 4 is 17.4 Å². The van der Waals surface area contributed by atoms with Gasteiger partial charge in [0.25, 0.3) is 0 Å². The molecule has 0 saturated carbocycles. The first kappa shape index (κ1) is 13.9. The second-order valence-corrected chi connectivity index (χ2v) is 4.05. The van der Waals surface area contributed by atoms with Crippen LogP contribution in [0.15, 0.2) is 48.5 Å². The molecule has 5 heteroatoms. The lowest BCUT2D eigenvalue weighted by atomic mass is 10.3. The summed E-state index contributed by atoms with van der Waals surface area (Å²) in [6.45, 7) is 2.49. The molecule has 2 aromatic rings. The zero-order valence-corrected chi connectivity index (χ0v) is 11.0. The van der Waals surface area contributed by atoms with E-state index in [2.05, 4.69) is 10.6 Å². The van der Waals surface area contributed by atoms with E-state index < -0.39 is 11.8 Å². The van der Waals surface area contributed by atoms with Crippen LogP contribution < -0.4 is 15.4 Å². The highest BCUT2D eigenvalue weighted by atomic mass is 19.1. The quantitative estimate of drug-likeness (QED) is 0.889. The number of amides is 2. The van der Waals surface area contributed by atoms with Crippen LogP contribution in [0.3, 0.4) is 0 Å². The molecule has 0 radical (unpaired) electrons. The van der Waals surface area contributed by atoms with Crippen LogP contribution in [-0.4, -0.2) is 12.6 Å². The van der Waals surface area contributed by atoms with Crippen molar-refractivity contribution in [3.8, 4) is 5.75 Å². The Kier molecular flexibility index (Phi) is 4.55. The fourth-order valence-corrected chi connectivity index (χ4v) is 1.66. The second kappa shape index (κ2) is 6.56. The molecule has 0 aliphatic rings. The van der Waals surface area contributed by atoms with Crippen LogP contribution >= 0.6 is 0 Å². The van der Waals surface area contributed by atoms with Crippen LogP contribution in [0.25, 0.3) is 0 Å². The van der Waals surface area contributed by atoms with Crippen molar-refractivity contribution in [2.45, 2.75) is 6.92 Å². The topological polar surface area (TPSA) is 50.4 Å². The highest BCUT2D eigenvalue weighted by molar-refractivity contribution is 5.99. The maximum Gasteiger partial charge on any atom is 0.323 e. The minimum atomic E-state index is -0.431. The number of urea groups is 1. The Morgan fingerprint density at radius 2 is 1.80 bits per heavy atom. The number of rotatable bonds is 4. The van der Waals surface area contributed by atoms with Crippen molar-refractivity contribution in [1.29, 1.82) is 0 Å². The van der Waals surface area contributed by atoms with Gasteiger partial charge in [-0.25, -0.2) is 9.18 Å². The molecule has 2 amide bonds. The fraction of sp³-hybridized carbons (Fsp3) is 0.133. The first-order valence-electron chi connectivity index (χ1n) is 6.24. The molecule has 20 heavy (non-hydrogen) atoms. The molecule has 0 aliphatic heterocycles. The first-order valence-corrected chi connectivity index (χ1v) is 6.24. The zero-order chi connectivity index (χ0) is 14.4. The summed E-state index contributed by atoms with van der Waals surface area (Å²) in [5.74, 6) is 0.340. The number of halogens is 1. The molecule has 0 spiro atoms. The summed E-state index contributed by atoms with van der Waals surface area (Å²) >= 11 is 0. The van der Waals surface area contributed by atoms with Gasteiger partial charge < -0.3 is 15.4 Å². The number of benzene rings is 2. The molecular formula is C15H15FN2O2. The summed E-state index contributed by atoms with van der Waals surface area (Å²) in [6.07, 6.45) is 0. The molecule has 0 unspecified atom stereocenters. The highest BCUT2D eigenvalue weighted by Gasteiger charge is 2.03. The number of carbonyl (C=O) groups excluding carboxylic acids is 1. The first-order chi connectivity index (χ1) is 9.67. The summed E-state index contributed by atoms with van der Waals surface area (Å²) in [5, 5.41) is 5.20. The summed E-state index contributed by atoms with van der Waals surface area (Å²) < 4.78 is 18.3. The van der Waals surface area contributed by atoms with Gasteiger partial charge in [0.15, 0.2) is 0 Å². The van der Waals surface area contributed by atoms with Gasteiger partial charge >= 0.3 is 6.03 Å². The second-order valence-electron chi connectivity index (χ2n) is 4.05. The standard InChI is InChI=1S/C15H15FN2O2/c1-2-20-14-8-6-12(7-9-14)17-15(19)18-13-5-3-4-11(16)10-13/h3-10H,2H2,1H3,(H2,17,18,19). The van der Waals surface area contributed by atoms with E-state index in [-0.39, 0.29) is 0 Å². The van der Waals surface area contributed by atoms with Crippen LogP contribution in [0.1, 0.15) is 6.92 Å². The average molecular weight is 274 g/mol. The molecule has 0 heterocycles. The fourth-order valence-electron chi connectivity index (χ4n) is 1.66. The van der Waals surface area contributed by atoms with Gasteiger partial charge in [-0.15, -0.1) is 0 Å². The third-order valence-corrected chi connectivity index (χ3v) is 2.51. The Labute approximate surface area is 116 Å². The molecule has 0 aliphatic carbocycles. The Morgan fingerprint density at radius 1 is 1.10 bits per heavy atom. The molecule has 2 rings (SSSR count). The monoisotopic (exact) mass is 274 g/mol. The molecule has 0 aromatic heterocycles. The van der Waals surface area contributed by atoms with Gasteiger partial charge in [-0.05, 0) is 49.4 Å². The largest absolute Gasteiger partial charge is 0.494 e. The minimum absolute atomic E-state index is 0.397. The van der Waals surface area contributed by atoms with Gasteiger partial charge in [0, 0.05) is 11.4 Å². The summed E-state index contributed by atoms with van der Waals surface area (Å²) in [6, 6.07) is 12.3. The lowest BCUT2D eigenvalue weighted by molar-refractivity contribution is 0.262. The van der Waals surface area contributed by atoms with Crippen LogP contribution in [-0.2, 0) is 0 Å². The maximum atomic E-state index is 13.0. The van der Waals surface area contributed by atoms with E-state index >= 15 is 0 Å². The lowest BCUT2D eigenvalue weighted by Crippen LogP contribution is -2.19. The van der Waals surface area contributed by atoms with Gasteiger partial charge in [0.05, 0.1) is 6.61 Å². The van der Waals surface area contributed by atoms with E-state index in [0.717, 1.165) is 5.75 Å². The molecule has 0 saturated heterocycles. The van der Waals surface area contributed by atoms with Crippen LogP contribution in [0.4, 0.5) is 20.6 Å². The maximum absolute atomic E-state index is 13.0. The van der Waals surface area contributed by atoms with Gasteiger partial charge in [0.1, 0.15) is 11.6 Å². The van der Waals surface area contributed by atoms with Gasteiger partial charge in [-0.1, -0.05) is 6.07 Å². The molecular weight excluding hydrogens is 259 g/mol. The molecule has 0 bridgehead atoms. The Balaban J connectivity index is 1.94. The van der Waals surface area contributed by atoms with Crippen LogP contribution in [0.2, 0.25) is 0 Å². The van der Waals surface area contributed by atoms with Crippen molar-refractivity contribution < 1.29 is 13.9 Å². The Morgan fingerprint density at radius 3 is 2.45 bits per heavy atom. The number of ether oxygens (including phenoxy) is 1. The van der Waals surface area contributed by atoms with Crippen LogP contribution in [0, 0.1) is 5.82 Å². The molecule has 104 valence electrons. The highest BCUT2D eigenvalue weighted by Crippen LogP contribution is 2.16. The van der Waals surface area contributed by atoms with Crippen molar-refractivity contribution in [1.82, 2.24) is 0 Å². The molecule has 4 nitrogen and oxygen atoms in total. The molecule has 2 N–H and O–H groups in total. The number of anilines is 2. The molecule has 2 aromatic carbocycles. The van der Waals surface area contributed by atoms with Crippen LogP contribution in [0.5, 0.6) is 5.75 Å². The normalized spacial score (nSPS) is 9.90. The SMILES string of the molecule is CCOc1ccc(NC(=O)Nc2cccc(F)c2)cc1. The van der Waals surface area contributed by atoms with E-state index in [1.165, 1.54) is 18.2 Å². The predicted molar refractivity (Wildman–Crippen MR) is 76.7 cm³/mol. The van der Waals surface area contributed by atoms with E-state index in [1.54, 1.807) is 30.3 Å². The molecule has 0 atom stereocenters. The van der Waals surface area contributed by atoms with Gasteiger partial charge in [-0.3, -0.25) is 0 Å². The van der Waals surface area contributed by atoms with E-state index in [4.69, 9.17) is 4.74 Å². The number of hydrogen-bond acceptors (Lipinski definition) is 2. The Bertz CT molecular complexity index is 585.